The lowest BCUT2D eigenvalue weighted by Gasteiger charge is -2.09. The van der Waals surface area contributed by atoms with E-state index in [1.165, 1.54) is 11.8 Å². The summed E-state index contributed by atoms with van der Waals surface area (Å²) in [6.07, 6.45) is 3.83. The van der Waals surface area contributed by atoms with Crippen LogP contribution in [0.1, 0.15) is 18.1 Å². The number of benzene rings is 3. The molecule has 4 aromatic rings. The predicted octanol–water partition coefficient (Wildman–Crippen LogP) is 6.34. The number of hydrogen-bond acceptors (Lipinski definition) is 5. The maximum atomic E-state index is 12.9. The molecule has 174 valence electrons. The number of rotatable bonds is 7. The number of amides is 1. The van der Waals surface area contributed by atoms with E-state index >= 15 is 0 Å². The molecule has 0 aliphatic carbocycles. The van der Waals surface area contributed by atoms with Crippen LogP contribution in [0.2, 0.25) is 0 Å². The second-order valence-corrected chi connectivity index (χ2v) is 9.62. The zero-order chi connectivity index (χ0) is 24.2. The molecule has 1 amide bonds. The molecule has 0 unspecified atom stereocenters. The Balaban J connectivity index is 1.52. The molecule has 5 nitrogen and oxygen atoms in total. The molecule has 7 heteroatoms. The van der Waals surface area contributed by atoms with Gasteiger partial charge >= 0.3 is 0 Å². The standard InChI is InChI=1S/C28H23N3O2S2/c1-2-30-27(32)25(35-28(30)34)17-22-18-31(23-13-7-4-8-14-23)29-26(22)21-12-9-15-24(16-21)33-19-20-10-5-3-6-11-20/h3-18H,2,19H2,1H3/b25-17-. The number of carbonyl (C=O) groups is 1. The maximum absolute atomic E-state index is 12.9. The average molecular weight is 498 g/mol. The molecule has 1 aliphatic rings. The maximum Gasteiger partial charge on any atom is 0.266 e. The van der Waals surface area contributed by atoms with Crippen LogP contribution in [0.15, 0.2) is 96.0 Å². The van der Waals surface area contributed by atoms with Gasteiger partial charge in [0.2, 0.25) is 0 Å². The molecule has 0 radical (unpaired) electrons. The van der Waals surface area contributed by atoms with Gasteiger partial charge in [-0.3, -0.25) is 9.69 Å². The number of hydrogen-bond donors (Lipinski definition) is 0. The first kappa shape index (κ1) is 23.1. The van der Waals surface area contributed by atoms with E-state index in [1.807, 2.05) is 109 Å². The van der Waals surface area contributed by atoms with Crippen molar-refractivity contribution in [2.45, 2.75) is 13.5 Å². The first-order chi connectivity index (χ1) is 17.1. The van der Waals surface area contributed by atoms with Gasteiger partial charge in [-0.15, -0.1) is 0 Å². The lowest BCUT2D eigenvalue weighted by Crippen LogP contribution is -2.27. The van der Waals surface area contributed by atoms with Gasteiger partial charge < -0.3 is 4.74 Å². The number of nitrogens with zero attached hydrogens (tertiary/aromatic N) is 3. The van der Waals surface area contributed by atoms with Crippen molar-refractivity contribution in [3.05, 3.63) is 107 Å². The minimum absolute atomic E-state index is 0.0687. The van der Waals surface area contributed by atoms with Crippen molar-refractivity contribution < 1.29 is 9.53 Å². The molecule has 0 N–H and O–H groups in total. The van der Waals surface area contributed by atoms with Crippen LogP contribution in [0.25, 0.3) is 23.0 Å². The summed E-state index contributed by atoms with van der Waals surface area (Å²) in [4.78, 5) is 15.1. The van der Waals surface area contributed by atoms with Crippen molar-refractivity contribution in [3.63, 3.8) is 0 Å². The summed E-state index contributed by atoms with van der Waals surface area (Å²) < 4.78 is 8.46. The summed E-state index contributed by atoms with van der Waals surface area (Å²) in [6, 6.07) is 27.8. The van der Waals surface area contributed by atoms with E-state index < -0.39 is 0 Å². The minimum Gasteiger partial charge on any atom is -0.489 e. The Kier molecular flexibility index (Phi) is 6.79. The summed E-state index contributed by atoms with van der Waals surface area (Å²) in [5.74, 6) is 0.685. The van der Waals surface area contributed by atoms with Crippen LogP contribution in [0, 0.1) is 0 Å². The number of carbonyl (C=O) groups excluding carboxylic acids is 1. The normalized spacial score (nSPS) is 14.7. The van der Waals surface area contributed by atoms with Crippen molar-refractivity contribution in [1.29, 1.82) is 0 Å². The molecular formula is C28H23N3O2S2. The third-order valence-corrected chi connectivity index (χ3v) is 6.97. The summed E-state index contributed by atoms with van der Waals surface area (Å²) >= 11 is 6.72. The highest BCUT2D eigenvalue weighted by molar-refractivity contribution is 8.26. The quantitative estimate of drug-likeness (QED) is 0.220. The van der Waals surface area contributed by atoms with Gasteiger partial charge in [0, 0.05) is 23.9 Å². The molecule has 1 fully saturated rings. The van der Waals surface area contributed by atoms with Crippen molar-refractivity contribution in [1.82, 2.24) is 14.7 Å². The number of para-hydroxylation sites is 1. The van der Waals surface area contributed by atoms with Crippen LogP contribution in [-0.2, 0) is 11.4 Å². The van der Waals surface area contributed by atoms with Gasteiger partial charge in [-0.25, -0.2) is 4.68 Å². The van der Waals surface area contributed by atoms with E-state index in [4.69, 9.17) is 22.1 Å². The Hall–Kier alpha value is -3.68. The zero-order valence-corrected chi connectivity index (χ0v) is 20.8. The third-order valence-electron chi connectivity index (χ3n) is 5.60. The lowest BCUT2D eigenvalue weighted by atomic mass is 10.1. The van der Waals surface area contributed by atoms with E-state index in [1.54, 1.807) is 4.90 Å². The molecular weight excluding hydrogens is 474 g/mol. The van der Waals surface area contributed by atoms with E-state index in [0.29, 0.717) is 22.4 Å². The van der Waals surface area contributed by atoms with Crippen molar-refractivity contribution >= 4 is 40.3 Å². The summed E-state index contributed by atoms with van der Waals surface area (Å²) in [5, 5.41) is 4.88. The molecule has 1 aliphatic heterocycles. The summed E-state index contributed by atoms with van der Waals surface area (Å²) in [6.45, 7) is 2.96. The minimum atomic E-state index is -0.0687. The van der Waals surface area contributed by atoms with Crippen LogP contribution >= 0.6 is 24.0 Å². The highest BCUT2D eigenvalue weighted by Gasteiger charge is 2.31. The monoisotopic (exact) mass is 497 g/mol. The van der Waals surface area contributed by atoms with Gasteiger partial charge in [0.25, 0.3) is 5.91 Å². The fraction of sp³-hybridized carbons (Fsp3) is 0.107. The molecule has 1 saturated heterocycles. The third kappa shape index (κ3) is 5.06. The lowest BCUT2D eigenvalue weighted by molar-refractivity contribution is -0.121. The van der Waals surface area contributed by atoms with Gasteiger partial charge in [-0.2, -0.15) is 5.10 Å². The fourth-order valence-corrected chi connectivity index (χ4v) is 5.19. The molecule has 3 aromatic carbocycles. The van der Waals surface area contributed by atoms with Gasteiger partial charge in [0.05, 0.1) is 10.6 Å². The molecule has 2 heterocycles. The smallest absolute Gasteiger partial charge is 0.266 e. The Morgan fingerprint density at radius 2 is 1.74 bits per heavy atom. The van der Waals surface area contributed by atoms with E-state index in [2.05, 4.69) is 0 Å². The zero-order valence-electron chi connectivity index (χ0n) is 19.1. The Bertz CT molecular complexity index is 1400. The van der Waals surface area contributed by atoms with Crippen LogP contribution in [-0.4, -0.2) is 31.5 Å². The van der Waals surface area contributed by atoms with Gasteiger partial charge in [-0.1, -0.05) is 84.6 Å². The van der Waals surface area contributed by atoms with Crippen LogP contribution in [0.4, 0.5) is 0 Å². The van der Waals surface area contributed by atoms with Gasteiger partial charge in [0.15, 0.2) is 0 Å². The number of thioether (sulfide) groups is 1. The number of aromatic nitrogens is 2. The first-order valence-electron chi connectivity index (χ1n) is 11.3. The predicted molar refractivity (Wildman–Crippen MR) is 145 cm³/mol. The Morgan fingerprint density at radius 1 is 1.00 bits per heavy atom. The van der Waals surface area contributed by atoms with Crippen molar-refractivity contribution in [3.8, 4) is 22.7 Å². The molecule has 0 spiro atoms. The molecule has 5 rings (SSSR count). The van der Waals surface area contributed by atoms with E-state index in [-0.39, 0.29) is 5.91 Å². The second kappa shape index (κ2) is 10.3. The van der Waals surface area contributed by atoms with Crippen LogP contribution in [0.5, 0.6) is 5.75 Å². The topological polar surface area (TPSA) is 47.4 Å². The van der Waals surface area contributed by atoms with Gasteiger partial charge in [0.1, 0.15) is 22.4 Å². The van der Waals surface area contributed by atoms with Gasteiger partial charge in [-0.05, 0) is 42.8 Å². The van der Waals surface area contributed by atoms with Crippen LogP contribution < -0.4 is 4.74 Å². The van der Waals surface area contributed by atoms with Crippen LogP contribution in [0.3, 0.4) is 0 Å². The van der Waals surface area contributed by atoms with E-state index in [0.717, 1.165) is 33.8 Å². The molecule has 1 aromatic heterocycles. The molecule has 35 heavy (non-hydrogen) atoms. The molecule has 0 bridgehead atoms. The van der Waals surface area contributed by atoms with Crippen molar-refractivity contribution in [2.24, 2.45) is 0 Å². The number of ether oxygens (including phenoxy) is 1. The molecule has 0 atom stereocenters. The largest absolute Gasteiger partial charge is 0.489 e. The summed E-state index contributed by atoms with van der Waals surface area (Å²) in [7, 11) is 0. The molecule has 0 saturated carbocycles. The number of likely N-dealkylation sites (N-methyl/N-ethyl adjacent to an activating group) is 1. The number of thiocarbonyl (C=S) groups is 1. The highest BCUT2D eigenvalue weighted by Crippen LogP contribution is 2.35. The average Bonchev–Trinajstić information content (AvgIpc) is 3.44. The SMILES string of the molecule is CCN1C(=O)/C(=C/c2cn(-c3ccccc3)nc2-c2cccc(OCc3ccccc3)c2)SC1=S. The summed E-state index contributed by atoms with van der Waals surface area (Å²) in [5.41, 5.74) is 4.55. The first-order valence-corrected chi connectivity index (χ1v) is 12.5. The fourth-order valence-electron chi connectivity index (χ4n) is 3.82. The Morgan fingerprint density at radius 3 is 2.46 bits per heavy atom. The Labute approximate surface area is 214 Å². The van der Waals surface area contributed by atoms with Crippen molar-refractivity contribution in [2.75, 3.05) is 6.54 Å². The van der Waals surface area contributed by atoms with E-state index in [9.17, 15) is 4.79 Å². The highest BCUT2D eigenvalue weighted by atomic mass is 32.2. The second-order valence-electron chi connectivity index (χ2n) is 7.94.